The highest BCUT2D eigenvalue weighted by Crippen LogP contribution is 2.30. The number of para-hydroxylation sites is 1. The van der Waals surface area contributed by atoms with Gasteiger partial charge in [0, 0.05) is 6.07 Å². The highest BCUT2D eigenvalue weighted by atomic mass is 32.2. The van der Waals surface area contributed by atoms with Gasteiger partial charge >= 0.3 is 0 Å². The maximum atomic E-state index is 12.9. The molecule has 0 bridgehead atoms. The van der Waals surface area contributed by atoms with Crippen LogP contribution in [0.5, 0.6) is 5.75 Å². The summed E-state index contributed by atoms with van der Waals surface area (Å²) in [5.41, 5.74) is -0.222. The van der Waals surface area contributed by atoms with E-state index >= 15 is 0 Å². The molecule has 2 rings (SSSR count). The molecule has 2 aromatic rings. The maximum absolute atomic E-state index is 12.9. The number of ether oxygens (including phenoxy) is 1. The normalized spacial score (nSPS) is 10.7. The number of terminal acetylenes is 1. The molecule has 0 heterocycles. The van der Waals surface area contributed by atoms with Crippen molar-refractivity contribution in [3.8, 4) is 18.1 Å². The molecule has 2 aromatic carbocycles. The van der Waals surface area contributed by atoms with Crippen LogP contribution in [0.4, 0.5) is 11.4 Å². The Morgan fingerprint density at radius 1 is 1.21 bits per heavy atom. The zero-order valence-electron chi connectivity index (χ0n) is 12.7. The summed E-state index contributed by atoms with van der Waals surface area (Å²) in [5, 5.41) is 11.1. The topological polar surface area (TPSA) is 89.8 Å². The van der Waals surface area contributed by atoms with Crippen molar-refractivity contribution in [1.29, 1.82) is 0 Å². The van der Waals surface area contributed by atoms with Crippen LogP contribution in [0, 0.1) is 22.5 Å². The van der Waals surface area contributed by atoms with Gasteiger partial charge in [0.1, 0.15) is 5.75 Å². The van der Waals surface area contributed by atoms with Crippen LogP contribution in [0.15, 0.2) is 53.4 Å². The molecule has 0 aliphatic heterocycles. The fourth-order valence-electron chi connectivity index (χ4n) is 2.09. The molecule has 24 heavy (non-hydrogen) atoms. The number of rotatable bonds is 6. The first-order chi connectivity index (χ1) is 11.4. The summed E-state index contributed by atoms with van der Waals surface area (Å²) < 4.78 is 31.8. The molecular formula is C16H14N2O5S. The van der Waals surface area contributed by atoms with E-state index in [2.05, 4.69) is 5.92 Å². The second-order valence-corrected chi connectivity index (χ2v) is 6.47. The predicted octanol–water partition coefficient (Wildman–Crippen LogP) is 2.43. The third-order valence-corrected chi connectivity index (χ3v) is 5.05. The molecule has 0 spiro atoms. The molecule has 0 radical (unpaired) electrons. The van der Waals surface area contributed by atoms with Crippen LogP contribution in [-0.4, -0.2) is 27.0 Å². The van der Waals surface area contributed by atoms with E-state index in [1.54, 1.807) is 12.1 Å². The number of nitrogens with zero attached hydrogens (tertiary/aromatic N) is 2. The number of methoxy groups -OCH3 is 1. The van der Waals surface area contributed by atoms with E-state index in [0.717, 1.165) is 10.4 Å². The Bertz CT molecular complexity index is 885. The van der Waals surface area contributed by atoms with Crippen molar-refractivity contribution in [3.05, 3.63) is 58.6 Å². The smallest absolute Gasteiger partial charge is 0.289 e. The number of benzene rings is 2. The van der Waals surface area contributed by atoms with Gasteiger partial charge in [0.2, 0.25) is 0 Å². The minimum absolute atomic E-state index is 0.263. The minimum atomic E-state index is -4.20. The molecule has 7 nitrogen and oxygen atoms in total. The summed E-state index contributed by atoms with van der Waals surface area (Å²) in [4.78, 5) is 9.98. The third-order valence-electron chi connectivity index (χ3n) is 3.23. The number of hydrogen-bond donors (Lipinski definition) is 0. The van der Waals surface area contributed by atoms with Crippen LogP contribution >= 0.6 is 0 Å². The van der Waals surface area contributed by atoms with Gasteiger partial charge in [-0.05, 0) is 30.3 Å². The largest absolute Gasteiger partial charge is 0.497 e. The average Bonchev–Trinajstić information content (AvgIpc) is 2.59. The fourth-order valence-corrected chi connectivity index (χ4v) is 3.63. The van der Waals surface area contributed by atoms with Gasteiger partial charge in [-0.15, -0.1) is 6.42 Å². The second kappa shape index (κ2) is 7.02. The van der Waals surface area contributed by atoms with Gasteiger partial charge in [-0.1, -0.05) is 18.1 Å². The van der Waals surface area contributed by atoms with Gasteiger partial charge in [-0.2, -0.15) is 0 Å². The Morgan fingerprint density at radius 2 is 1.83 bits per heavy atom. The van der Waals surface area contributed by atoms with Gasteiger partial charge in [0.25, 0.3) is 15.7 Å². The standard InChI is InChI=1S/C16H14N2O5S/c1-3-12-17(13-8-10-14(23-2)11-9-13)24(21,22)16-7-5-4-6-15(16)18(19)20/h1,4-11H,12H2,2H3. The summed E-state index contributed by atoms with van der Waals surface area (Å²) in [6.45, 7) is -0.263. The zero-order valence-corrected chi connectivity index (χ0v) is 13.6. The first kappa shape index (κ1) is 17.3. The Balaban J connectivity index is 2.58. The lowest BCUT2D eigenvalue weighted by atomic mass is 10.3. The summed E-state index contributed by atoms with van der Waals surface area (Å²) in [5.74, 6) is 2.81. The van der Waals surface area contributed by atoms with Crippen molar-refractivity contribution >= 4 is 21.4 Å². The first-order valence-electron chi connectivity index (χ1n) is 6.75. The summed E-state index contributed by atoms with van der Waals surface area (Å²) in [6, 6.07) is 11.3. The summed E-state index contributed by atoms with van der Waals surface area (Å²) in [7, 11) is -2.72. The minimum Gasteiger partial charge on any atom is -0.497 e. The number of hydrogen-bond acceptors (Lipinski definition) is 5. The van der Waals surface area contributed by atoms with E-state index in [4.69, 9.17) is 11.2 Å². The van der Waals surface area contributed by atoms with Crippen molar-refractivity contribution in [2.45, 2.75) is 4.90 Å². The monoisotopic (exact) mass is 346 g/mol. The first-order valence-corrected chi connectivity index (χ1v) is 8.19. The van der Waals surface area contributed by atoms with E-state index in [1.807, 2.05) is 0 Å². The van der Waals surface area contributed by atoms with Crippen molar-refractivity contribution in [2.75, 3.05) is 18.0 Å². The van der Waals surface area contributed by atoms with E-state index in [-0.39, 0.29) is 12.2 Å². The van der Waals surface area contributed by atoms with Gasteiger partial charge < -0.3 is 4.74 Å². The van der Waals surface area contributed by atoms with Crippen molar-refractivity contribution in [3.63, 3.8) is 0 Å². The van der Waals surface area contributed by atoms with Crippen molar-refractivity contribution < 1.29 is 18.1 Å². The van der Waals surface area contributed by atoms with Crippen molar-refractivity contribution in [2.24, 2.45) is 0 Å². The van der Waals surface area contributed by atoms with Gasteiger partial charge in [0.15, 0.2) is 4.90 Å². The molecular weight excluding hydrogens is 332 g/mol. The van der Waals surface area contributed by atoms with Gasteiger partial charge in [-0.25, -0.2) is 8.42 Å². The van der Waals surface area contributed by atoms with Crippen LogP contribution in [-0.2, 0) is 10.0 Å². The molecule has 0 saturated carbocycles. The van der Waals surface area contributed by atoms with Crippen molar-refractivity contribution in [1.82, 2.24) is 0 Å². The lowest BCUT2D eigenvalue weighted by molar-refractivity contribution is -0.387. The van der Waals surface area contributed by atoms with E-state index in [0.29, 0.717) is 5.75 Å². The molecule has 0 unspecified atom stereocenters. The second-order valence-electron chi connectivity index (χ2n) is 4.64. The Hall–Kier alpha value is -3.05. The van der Waals surface area contributed by atoms with E-state index < -0.39 is 25.5 Å². The zero-order chi connectivity index (χ0) is 17.7. The molecule has 0 atom stereocenters. The Kier molecular flexibility index (Phi) is 5.06. The quantitative estimate of drug-likeness (QED) is 0.455. The molecule has 0 fully saturated rings. The third kappa shape index (κ3) is 3.31. The predicted molar refractivity (Wildman–Crippen MR) is 89.5 cm³/mol. The number of nitro groups is 1. The van der Waals surface area contributed by atoms with Crippen LogP contribution in [0.25, 0.3) is 0 Å². The number of sulfonamides is 1. The lowest BCUT2D eigenvalue weighted by Crippen LogP contribution is -2.31. The molecule has 8 heteroatoms. The van der Waals surface area contributed by atoms with E-state index in [9.17, 15) is 18.5 Å². The van der Waals surface area contributed by atoms with Crippen LogP contribution < -0.4 is 9.04 Å². The molecule has 0 saturated heterocycles. The van der Waals surface area contributed by atoms with Crippen LogP contribution in [0.1, 0.15) is 0 Å². The number of anilines is 1. The van der Waals surface area contributed by atoms with Gasteiger partial charge in [-0.3, -0.25) is 14.4 Å². The Morgan fingerprint density at radius 3 is 2.38 bits per heavy atom. The lowest BCUT2D eigenvalue weighted by Gasteiger charge is -2.22. The highest BCUT2D eigenvalue weighted by molar-refractivity contribution is 7.93. The van der Waals surface area contributed by atoms with Crippen LogP contribution in [0.2, 0.25) is 0 Å². The molecule has 124 valence electrons. The molecule has 0 aliphatic carbocycles. The number of nitro benzene ring substituents is 1. The highest BCUT2D eigenvalue weighted by Gasteiger charge is 2.31. The fraction of sp³-hybridized carbons (Fsp3) is 0.125. The SMILES string of the molecule is C#CCN(c1ccc(OC)cc1)S(=O)(=O)c1ccccc1[N+](=O)[O-]. The summed E-state index contributed by atoms with van der Waals surface area (Å²) in [6.07, 6.45) is 5.28. The molecule has 0 aromatic heterocycles. The molecule has 0 aliphatic rings. The maximum Gasteiger partial charge on any atom is 0.289 e. The van der Waals surface area contributed by atoms with Crippen LogP contribution in [0.3, 0.4) is 0 Å². The van der Waals surface area contributed by atoms with Gasteiger partial charge in [0.05, 0.1) is 24.3 Å². The Labute approximate surface area is 139 Å². The molecule has 0 N–H and O–H groups in total. The summed E-state index contributed by atoms with van der Waals surface area (Å²) >= 11 is 0. The van der Waals surface area contributed by atoms with E-state index in [1.165, 1.54) is 37.4 Å². The average molecular weight is 346 g/mol. The molecule has 0 amide bonds.